The summed E-state index contributed by atoms with van der Waals surface area (Å²) in [5.74, 6) is 0. The predicted octanol–water partition coefficient (Wildman–Crippen LogP) is 3.05. The fourth-order valence-electron chi connectivity index (χ4n) is 1.96. The summed E-state index contributed by atoms with van der Waals surface area (Å²) >= 11 is 5.87. The lowest BCUT2D eigenvalue weighted by atomic mass is 10.1. The van der Waals surface area contributed by atoms with Crippen LogP contribution < -0.4 is 5.32 Å². The van der Waals surface area contributed by atoms with Gasteiger partial charge in [-0.2, -0.15) is 4.31 Å². The lowest BCUT2D eigenvalue weighted by Crippen LogP contribution is -2.42. The molecular weight excluding hydrogens is 308 g/mol. The minimum Gasteiger partial charge on any atom is -0.313 e. The molecule has 0 amide bonds. The Kier molecular flexibility index (Phi) is 6.66. The molecule has 1 N–H and O–H groups in total. The van der Waals surface area contributed by atoms with E-state index in [4.69, 9.17) is 11.6 Å². The Morgan fingerprint density at radius 2 is 1.67 bits per heavy atom. The van der Waals surface area contributed by atoms with E-state index in [-0.39, 0.29) is 12.1 Å². The molecule has 1 aromatic carbocycles. The second-order valence-electron chi connectivity index (χ2n) is 5.66. The topological polar surface area (TPSA) is 49.4 Å². The van der Waals surface area contributed by atoms with Crippen molar-refractivity contribution in [2.45, 2.75) is 45.0 Å². The van der Waals surface area contributed by atoms with Crippen LogP contribution in [0.2, 0.25) is 5.02 Å². The van der Waals surface area contributed by atoms with Crippen LogP contribution >= 0.6 is 11.6 Å². The van der Waals surface area contributed by atoms with Crippen molar-refractivity contribution < 1.29 is 8.42 Å². The molecule has 0 heterocycles. The Bertz CT molecular complexity index is 543. The van der Waals surface area contributed by atoms with Crippen LogP contribution in [0.15, 0.2) is 24.3 Å². The summed E-state index contributed by atoms with van der Waals surface area (Å²) in [6.07, 6.45) is 0. The molecule has 0 aliphatic rings. The van der Waals surface area contributed by atoms with E-state index >= 15 is 0 Å². The van der Waals surface area contributed by atoms with E-state index in [0.29, 0.717) is 11.6 Å². The van der Waals surface area contributed by atoms with E-state index in [1.54, 1.807) is 26.1 Å². The Morgan fingerprint density at radius 1 is 1.14 bits per heavy atom. The smallest absolute Gasteiger partial charge is 0.218 e. The van der Waals surface area contributed by atoms with E-state index in [0.717, 1.165) is 5.56 Å². The molecule has 2 unspecified atom stereocenters. The van der Waals surface area contributed by atoms with E-state index in [1.165, 1.54) is 4.31 Å². The number of halogens is 1. The van der Waals surface area contributed by atoms with Crippen LogP contribution in [0.25, 0.3) is 0 Å². The van der Waals surface area contributed by atoms with Gasteiger partial charge >= 0.3 is 0 Å². The number of nitrogens with one attached hydrogen (secondary N) is 1. The quantitative estimate of drug-likeness (QED) is 0.835. The van der Waals surface area contributed by atoms with E-state index in [9.17, 15) is 8.42 Å². The van der Waals surface area contributed by atoms with Crippen LogP contribution in [0.3, 0.4) is 0 Å². The van der Waals surface area contributed by atoms with Crippen LogP contribution in [-0.4, -0.2) is 37.6 Å². The van der Waals surface area contributed by atoms with Crippen molar-refractivity contribution in [3.8, 4) is 0 Å². The normalized spacial score (nSPS) is 15.4. The zero-order valence-corrected chi connectivity index (χ0v) is 14.9. The average Bonchev–Trinajstić information content (AvgIpc) is 2.43. The molecule has 0 aromatic heterocycles. The van der Waals surface area contributed by atoms with Crippen molar-refractivity contribution in [2.24, 2.45) is 0 Å². The van der Waals surface area contributed by atoms with E-state index in [2.05, 4.69) is 5.32 Å². The highest BCUT2D eigenvalue weighted by molar-refractivity contribution is 7.89. The van der Waals surface area contributed by atoms with Crippen LogP contribution in [0.5, 0.6) is 0 Å². The molecule has 21 heavy (non-hydrogen) atoms. The second-order valence-corrected chi connectivity index (χ2v) is 8.51. The number of hydrogen-bond acceptors (Lipinski definition) is 3. The predicted molar refractivity (Wildman–Crippen MR) is 89.2 cm³/mol. The van der Waals surface area contributed by atoms with Gasteiger partial charge in [-0.15, -0.1) is 0 Å². The Balaban J connectivity index is 2.84. The maximum atomic E-state index is 12.6. The standard InChI is InChI=1S/C15H25ClN2O2S/c1-11(2)17-10-12(3)21(19,20)18(5)13(4)14-6-8-15(16)9-7-14/h6-9,11-13,17H,10H2,1-5H3. The third-order valence-electron chi connectivity index (χ3n) is 3.62. The first-order chi connectivity index (χ1) is 9.66. The molecular formula is C15H25ClN2O2S. The van der Waals surface area contributed by atoms with Gasteiger partial charge in [-0.25, -0.2) is 8.42 Å². The Morgan fingerprint density at radius 3 is 2.14 bits per heavy atom. The van der Waals surface area contributed by atoms with Gasteiger partial charge < -0.3 is 5.32 Å². The summed E-state index contributed by atoms with van der Waals surface area (Å²) in [7, 11) is -1.73. The molecule has 0 saturated carbocycles. The molecule has 0 spiro atoms. The van der Waals surface area contributed by atoms with Crippen molar-refractivity contribution in [3.05, 3.63) is 34.9 Å². The number of benzene rings is 1. The van der Waals surface area contributed by atoms with Crippen molar-refractivity contribution in [3.63, 3.8) is 0 Å². The number of nitrogens with zero attached hydrogens (tertiary/aromatic N) is 1. The summed E-state index contributed by atoms with van der Waals surface area (Å²) < 4.78 is 26.6. The molecule has 0 aliphatic heterocycles. The highest BCUT2D eigenvalue weighted by atomic mass is 35.5. The first-order valence-corrected chi connectivity index (χ1v) is 9.00. The minimum atomic E-state index is -3.35. The highest BCUT2D eigenvalue weighted by Gasteiger charge is 2.29. The molecule has 6 heteroatoms. The van der Waals surface area contributed by atoms with Crippen molar-refractivity contribution in [1.29, 1.82) is 0 Å². The molecule has 1 aromatic rings. The van der Waals surface area contributed by atoms with Gasteiger partial charge in [0.1, 0.15) is 0 Å². The molecule has 0 radical (unpaired) electrons. The number of rotatable bonds is 7. The first kappa shape index (κ1) is 18.4. The maximum absolute atomic E-state index is 12.6. The van der Waals surface area contributed by atoms with Crippen molar-refractivity contribution in [1.82, 2.24) is 9.62 Å². The minimum absolute atomic E-state index is 0.228. The van der Waals surface area contributed by atoms with Gasteiger partial charge in [0.25, 0.3) is 0 Å². The van der Waals surface area contributed by atoms with Crippen LogP contribution in [-0.2, 0) is 10.0 Å². The first-order valence-electron chi connectivity index (χ1n) is 7.12. The van der Waals surface area contributed by atoms with Gasteiger partial charge in [0.15, 0.2) is 0 Å². The lowest BCUT2D eigenvalue weighted by Gasteiger charge is -2.28. The van der Waals surface area contributed by atoms with Gasteiger partial charge in [0.05, 0.1) is 5.25 Å². The third kappa shape index (κ3) is 4.95. The third-order valence-corrected chi connectivity index (χ3v) is 6.18. The summed E-state index contributed by atoms with van der Waals surface area (Å²) in [5.41, 5.74) is 0.925. The summed E-state index contributed by atoms with van der Waals surface area (Å²) in [4.78, 5) is 0. The lowest BCUT2D eigenvalue weighted by molar-refractivity contribution is 0.390. The Hall–Kier alpha value is -0.620. The SMILES string of the molecule is CC(C)NCC(C)S(=O)(=O)N(C)C(C)c1ccc(Cl)cc1. The molecule has 4 nitrogen and oxygen atoms in total. The average molecular weight is 333 g/mol. The van der Waals surface area contributed by atoms with Gasteiger partial charge in [0, 0.05) is 30.7 Å². The van der Waals surface area contributed by atoms with E-state index < -0.39 is 15.3 Å². The van der Waals surface area contributed by atoms with E-state index in [1.807, 2.05) is 32.9 Å². The summed E-state index contributed by atoms with van der Waals surface area (Å²) in [6, 6.07) is 7.30. The molecule has 120 valence electrons. The number of sulfonamides is 1. The zero-order valence-electron chi connectivity index (χ0n) is 13.3. The van der Waals surface area contributed by atoms with Crippen LogP contribution in [0, 0.1) is 0 Å². The molecule has 1 rings (SSSR count). The summed E-state index contributed by atoms with van der Waals surface area (Å²) in [6.45, 7) is 8.05. The summed E-state index contributed by atoms with van der Waals surface area (Å²) in [5, 5.41) is 3.34. The maximum Gasteiger partial charge on any atom is 0.218 e. The second kappa shape index (κ2) is 7.58. The van der Waals surface area contributed by atoms with Gasteiger partial charge in [-0.1, -0.05) is 37.6 Å². The molecule has 0 saturated heterocycles. The fraction of sp³-hybridized carbons (Fsp3) is 0.600. The molecule has 2 atom stereocenters. The molecule has 0 fully saturated rings. The van der Waals surface area contributed by atoms with Gasteiger partial charge in [-0.05, 0) is 31.5 Å². The van der Waals surface area contributed by atoms with Gasteiger partial charge in [0.2, 0.25) is 10.0 Å². The molecule has 0 bridgehead atoms. The monoisotopic (exact) mass is 332 g/mol. The van der Waals surface area contributed by atoms with Crippen molar-refractivity contribution >= 4 is 21.6 Å². The number of hydrogen-bond donors (Lipinski definition) is 1. The van der Waals surface area contributed by atoms with Crippen molar-refractivity contribution in [2.75, 3.05) is 13.6 Å². The van der Waals surface area contributed by atoms with Crippen LogP contribution in [0.1, 0.15) is 39.3 Å². The highest BCUT2D eigenvalue weighted by Crippen LogP contribution is 2.24. The van der Waals surface area contributed by atoms with Gasteiger partial charge in [-0.3, -0.25) is 0 Å². The zero-order chi connectivity index (χ0) is 16.2. The molecule has 0 aliphatic carbocycles. The largest absolute Gasteiger partial charge is 0.313 e. The van der Waals surface area contributed by atoms with Crippen LogP contribution in [0.4, 0.5) is 0 Å². The fourth-order valence-corrected chi connectivity index (χ4v) is 3.53. The Labute approximate surface area is 133 Å².